The molecule has 2 N–H and O–H groups in total. The summed E-state index contributed by atoms with van der Waals surface area (Å²) in [6.45, 7) is 0.802. The van der Waals surface area contributed by atoms with Crippen LogP contribution < -0.4 is 17.0 Å². The highest BCUT2D eigenvalue weighted by atomic mass is 16.6. The zero-order chi connectivity index (χ0) is 25.5. The fourth-order valence-corrected chi connectivity index (χ4v) is 3.38. The maximum Gasteiger partial charge on any atom is 0.332 e. The normalized spacial score (nSPS) is 10.9. The van der Waals surface area contributed by atoms with Gasteiger partial charge in [0, 0.05) is 18.7 Å². The predicted octanol–water partition coefficient (Wildman–Crippen LogP) is 2.01. The number of carbonyl (C=O) groups excluding carboxylic acids is 2. The monoisotopic (exact) mass is 478 g/mol. The molecule has 2 aromatic carbocycles. The third kappa shape index (κ3) is 5.58. The van der Waals surface area contributed by atoms with Crippen LogP contribution in [0.2, 0.25) is 0 Å². The lowest BCUT2D eigenvalue weighted by atomic mass is 10.1. The van der Waals surface area contributed by atoms with E-state index in [4.69, 9.17) is 10.5 Å². The number of para-hydroxylation sites is 1. The van der Waals surface area contributed by atoms with Gasteiger partial charge in [0.25, 0.3) is 11.2 Å². The van der Waals surface area contributed by atoms with Crippen molar-refractivity contribution in [2.45, 2.75) is 20.0 Å². The van der Waals surface area contributed by atoms with E-state index in [1.165, 1.54) is 24.3 Å². The van der Waals surface area contributed by atoms with E-state index >= 15 is 0 Å². The molecule has 1 heterocycles. The van der Waals surface area contributed by atoms with Crippen molar-refractivity contribution >= 4 is 29.3 Å². The van der Waals surface area contributed by atoms with Gasteiger partial charge in [0.15, 0.2) is 6.61 Å². The van der Waals surface area contributed by atoms with Gasteiger partial charge in [0.1, 0.15) is 11.4 Å². The topological polar surface area (TPSA) is 157 Å². The number of nitro benzene ring substituents is 1. The average Bonchev–Trinajstić information content (AvgIpc) is 2.85. The van der Waals surface area contributed by atoms with Gasteiger partial charge in [-0.2, -0.15) is 0 Å². The van der Waals surface area contributed by atoms with E-state index in [1.807, 2.05) is 0 Å². The smallest absolute Gasteiger partial charge is 0.332 e. The van der Waals surface area contributed by atoms with Crippen molar-refractivity contribution in [3.05, 3.63) is 108 Å². The molecule has 0 radical (unpaired) electrons. The number of hydrogen-bond acceptors (Lipinski definition) is 8. The van der Waals surface area contributed by atoms with Crippen LogP contribution in [0.1, 0.15) is 28.4 Å². The van der Waals surface area contributed by atoms with Gasteiger partial charge >= 0.3 is 11.7 Å². The molecule has 3 rings (SSSR count). The van der Waals surface area contributed by atoms with Crippen LogP contribution in [0.25, 0.3) is 6.08 Å². The molecule has 3 aromatic rings. The van der Waals surface area contributed by atoms with E-state index in [2.05, 4.69) is 0 Å². The fourth-order valence-electron chi connectivity index (χ4n) is 3.38. The SMILES string of the molecule is CCn1c(=O)c(C(=O)COC(=O)C=Cc2ccccc2[N+](=O)[O-])c(N)n(Cc2ccccc2)c1=O. The number of aromatic nitrogens is 2. The van der Waals surface area contributed by atoms with Gasteiger partial charge in [-0.15, -0.1) is 0 Å². The number of nitro groups is 1. The number of nitrogen functional groups attached to an aromatic ring is 1. The number of ether oxygens (including phenoxy) is 1. The summed E-state index contributed by atoms with van der Waals surface area (Å²) in [7, 11) is 0. The Balaban J connectivity index is 1.83. The Kier molecular flexibility index (Phi) is 7.72. The summed E-state index contributed by atoms with van der Waals surface area (Å²) in [4.78, 5) is 60.9. The molecule has 0 unspecified atom stereocenters. The highest BCUT2D eigenvalue weighted by Gasteiger charge is 2.23. The van der Waals surface area contributed by atoms with Gasteiger partial charge in [-0.25, -0.2) is 9.59 Å². The van der Waals surface area contributed by atoms with E-state index in [0.717, 1.165) is 20.8 Å². The average molecular weight is 478 g/mol. The molecule has 11 heteroatoms. The van der Waals surface area contributed by atoms with Gasteiger partial charge in [-0.3, -0.25) is 28.8 Å². The molecule has 0 saturated heterocycles. The summed E-state index contributed by atoms with van der Waals surface area (Å²) in [5.74, 6) is -2.17. The van der Waals surface area contributed by atoms with Crippen LogP contribution in [0, 0.1) is 10.1 Å². The number of Topliss-reactive ketones (excluding diaryl/α,β-unsaturated/α-hetero) is 1. The number of rotatable bonds is 9. The summed E-state index contributed by atoms with van der Waals surface area (Å²) in [6, 6.07) is 14.6. The van der Waals surface area contributed by atoms with E-state index in [1.54, 1.807) is 43.3 Å². The zero-order valence-electron chi connectivity index (χ0n) is 18.7. The molecule has 0 atom stereocenters. The highest BCUT2D eigenvalue weighted by Crippen LogP contribution is 2.19. The van der Waals surface area contributed by atoms with Crippen molar-refractivity contribution in [3.63, 3.8) is 0 Å². The number of esters is 1. The molecule has 0 saturated carbocycles. The molecule has 180 valence electrons. The summed E-state index contributed by atoms with van der Waals surface area (Å²) in [5, 5.41) is 11.1. The first-order valence-corrected chi connectivity index (χ1v) is 10.5. The molecule has 35 heavy (non-hydrogen) atoms. The number of anilines is 1. The number of nitrogens with zero attached hydrogens (tertiary/aromatic N) is 3. The molecular formula is C24H22N4O7. The van der Waals surface area contributed by atoms with Crippen LogP contribution in [0.15, 0.2) is 70.3 Å². The number of carbonyl (C=O) groups is 2. The van der Waals surface area contributed by atoms with Crippen molar-refractivity contribution < 1.29 is 19.2 Å². The van der Waals surface area contributed by atoms with Crippen molar-refractivity contribution in [1.82, 2.24) is 9.13 Å². The quantitative estimate of drug-likeness (QED) is 0.161. The molecule has 0 bridgehead atoms. The molecule has 0 fully saturated rings. The third-order valence-corrected chi connectivity index (χ3v) is 5.12. The first kappa shape index (κ1) is 24.8. The van der Waals surface area contributed by atoms with E-state index in [9.17, 15) is 29.3 Å². The fraction of sp³-hybridized carbons (Fsp3) is 0.167. The van der Waals surface area contributed by atoms with Crippen LogP contribution in [-0.2, 0) is 22.6 Å². The Morgan fingerprint density at radius 3 is 2.37 bits per heavy atom. The summed E-state index contributed by atoms with van der Waals surface area (Å²) in [5.41, 5.74) is 4.74. The number of benzene rings is 2. The van der Waals surface area contributed by atoms with Gasteiger partial charge in [-0.05, 0) is 24.6 Å². The maximum atomic E-state index is 12.8. The first-order chi connectivity index (χ1) is 16.7. The van der Waals surface area contributed by atoms with Crippen LogP contribution in [-0.4, -0.2) is 32.4 Å². The maximum absolute atomic E-state index is 12.8. The summed E-state index contributed by atoms with van der Waals surface area (Å²) < 4.78 is 6.91. The Bertz CT molecular complexity index is 1420. The lowest BCUT2D eigenvalue weighted by molar-refractivity contribution is -0.385. The summed E-state index contributed by atoms with van der Waals surface area (Å²) in [6.07, 6.45) is 2.11. The lowest BCUT2D eigenvalue weighted by Crippen LogP contribution is -2.44. The molecule has 0 aliphatic heterocycles. The predicted molar refractivity (Wildman–Crippen MR) is 128 cm³/mol. The minimum Gasteiger partial charge on any atom is -0.454 e. The van der Waals surface area contributed by atoms with Crippen LogP contribution in [0.5, 0.6) is 0 Å². The van der Waals surface area contributed by atoms with E-state index < -0.39 is 40.1 Å². The molecule has 11 nitrogen and oxygen atoms in total. The van der Waals surface area contributed by atoms with E-state index in [-0.39, 0.29) is 30.2 Å². The van der Waals surface area contributed by atoms with Crippen LogP contribution in [0.4, 0.5) is 11.5 Å². The minimum absolute atomic E-state index is 0.00535. The summed E-state index contributed by atoms with van der Waals surface area (Å²) >= 11 is 0. The zero-order valence-corrected chi connectivity index (χ0v) is 18.7. The Morgan fingerprint density at radius 1 is 1.06 bits per heavy atom. The van der Waals surface area contributed by atoms with Gasteiger partial charge in [0.05, 0.1) is 17.0 Å². The second-order valence-corrected chi connectivity index (χ2v) is 7.34. The molecular weight excluding hydrogens is 456 g/mol. The highest BCUT2D eigenvalue weighted by molar-refractivity contribution is 6.02. The number of nitrogens with two attached hydrogens (primary N) is 1. The second kappa shape index (κ2) is 10.9. The Hall–Kier alpha value is -4.80. The molecule has 0 spiro atoms. The lowest BCUT2D eigenvalue weighted by Gasteiger charge is -2.15. The standard InChI is InChI=1S/C24H22N4O7/c1-2-26-23(31)21(22(25)27(24(26)32)14-16-8-4-3-5-9-16)19(29)15-35-20(30)13-12-17-10-6-7-11-18(17)28(33)34/h3-13H,2,14-15,25H2,1H3. The van der Waals surface area contributed by atoms with Crippen molar-refractivity contribution in [1.29, 1.82) is 0 Å². The van der Waals surface area contributed by atoms with Crippen molar-refractivity contribution in [2.75, 3.05) is 12.3 Å². The first-order valence-electron chi connectivity index (χ1n) is 10.5. The van der Waals surface area contributed by atoms with Crippen LogP contribution >= 0.6 is 0 Å². The van der Waals surface area contributed by atoms with Gasteiger partial charge in [0.2, 0.25) is 5.78 Å². The number of ketones is 1. The molecule has 0 amide bonds. The van der Waals surface area contributed by atoms with E-state index in [0.29, 0.717) is 0 Å². The second-order valence-electron chi connectivity index (χ2n) is 7.34. The van der Waals surface area contributed by atoms with Gasteiger partial charge < -0.3 is 10.5 Å². The largest absolute Gasteiger partial charge is 0.454 e. The Morgan fingerprint density at radius 2 is 1.71 bits per heavy atom. The molecule has 0 aliphatic rings. The number of hydrogen-bond donors (Lipinski definition) is 1. The molecule has 0 aliphatic carbocycles. The van der Waals surface area contributed by atoms with Crippen molar-refractivity contribution in [3.8, 4) is 0 Å². The van der Waals surface area contributed by atoms with Crippen LogP contribution in [0.3, 0.4) is 0 Å². The molecule has 1 aromatic heterocycles. The van der Waals surface area contributed by atoms with Gasteiger partial charge in [-0.1, -0.05) is 42.5 Å². The third-order valence-electron chi connectivity index (χ3n) is 5.12. The Labute approximate surface area is 198 Å². The minimum atomic E-state index is -0.955. The van der Waals surface area contributed by atoms with Crippen molar-refractivity contribution in [2.24, 2.45) is 0 Å².